The van der Waals surface area contributed by atoms with E-state index in [2.05, 4.69) is 15.9 Å². The van der Waals surface area contributed by atoms with Gasteiger partial charge in [0.2, 0.25) is 0 Å². The Morgan fingerprint density at radius 2 is 2.19 bits per heavy atom. The van der Waals surface area contributed by atoms with Crippen molar-refractivity contribution >= 4 is 27.5 Å². The van der Waals surface area contributed by atoms with E-state index in [9.17, 15) is 14.9 Å². The van der Waals surface area contributed by atoms with Gasteiger partial charge in [-0.25, -0.2) is 0 Å². The molecule has 0 spiro atoms. The number of carbonyl (C=O) groups excluding carboxylic acids is 1. The third-order valence-corrected chi connectivity index (χ3v) is 4.31. The number of nitro benzene ring substituents is 1. The SMILES string of the molecule is Cc1cc(C(=O)N2CCCCC2CCBr)cc([N+](=O)[O-])c1. The Labute approximate surface area is 132 Å². The number of hydrogen-bond donors (Lipinski definition) is 0. The lowest BCUT2D eigenvalue weighted by Gasteiger charge is -2.35. The van der Waals surface area contributed by atoms with E-state index in [-0.39, 0.29) is 17.6 Å². The Balaban J connectivity index is 2.27. The number of nitrogens with zero attached hydrogens (tertiary/aromatic N) is 2. The number of alkyl halides is 1. The number of nitro groups is 1. The van der Waals surface area contributed by atoms with Crippen molar-refractivity contribution in [1.82, 2.24) is 4.90 Å². The molecule has 1 aliphatic heterocycles. The van der Waals surface area contributed by atoms with Gasteiger partial charge < -0.3 is 4.90 Å². The van der Waals surface area contributed by atoms with Crippen LogP contribution in [0.4, 0.5) is 5.69 Å². The highest BCUT2D eigenvalue weighted by molar-refractivity contribution is 9.09. The summed E-state index contributed by atoms with van der Waals surface area (Å²) in [5.41, 5.74) is 1.14. The minimum absolute atomic E-state index is 0.0209. The van der Waals surface area contributed by atoms with Gasteiger partial charge >= 0.3 is 0 Å². The molecule has 6 heteroatoms. The molecule has 1 aromatic carbocycles. The molecule has 1 atom stereocenters. The van der Waals surface area contributed by atoms with Crippen molar-refractivity contribution in [2.75, 3.05) is 11.9 Å². The van der Waals surface area contributed by atoms with Crippen LogP contribution in [0.3, 0.4) is 0 Å². The van der Waals surface area contributed by atoms with E-state index < -0.39 is 4.92 Å². The third kappa shape index (κ3) is 3.81. The molecule has 114 valence electrons. The average molecular weight is 355 g/mol. The first-order valence-electron chi connectivity index (χ1n) is 7.16. The summed E-state index contributed by atoms with van der Waals surface area (Å²) in [6.07, 6.45) is 4.05. The van der Waals surface area contributed by atoms with Crippen molar-refractivity contribution in [2.45, 2.75) is 38.6 Å². The normalized spacial score (nSPS) is 18.6. The topological polar surface area (TPSA) is 63.5 Å². The van der Waals surface area contributed by atoms with Crippen LogP contribution in [0.2, 0.25) is 0 Å². The zero-order chi connectivity index (χ0) is 15.4. The van der Waals surface area contributed by atoms with E-state index in [0.29, 0.717) is 5.56 Å². The summed E-state index contributed by atoms with van der Waals surface area (Å²) in [6.45, 7) is 2.51. The highest BCUT2D eigenvalue weighted by atomic mass is 79.9. The number of likely N-dealkylation sites (tertiary alicyclic amines) is 1. The molecule has 5 nitrogen and oxygen atoms in total. The first-order valence-corrected chi connectivity index (χ1v) is 8.28. The molecule has 1 fully saturated rings. The second-order valence-electron chi connectivity index (χ2n) is 5.44. The fourth-order valence-corrected chi connectivity index (χ4v) is 3.38. The Morgan fingerprint density at radius 3 is 2.86 bits per heavy atom. The van der Waals surface area contributed by atoms with Crippen molar-refractivity contribution in [1.29, 1.82) is 0 Å². The van der Waals surface area contributed by atoms with Gasteiger partial charge in [0.25, 0.3) is 11.6 Å². The van der Waals surface area contributed by atoms with Gasteiger partial charge in [-0.1, -0.05) is 15.9 Å². The van der Waals surface area contributed by atoms with Gasteiger partial charge in [0.1, 0.15) is 0 Å². The molecule has 1 aromatic rings. The molecule has 21 heavy (non-hydrogen) atoms. The van der Waals surface area contributed by atoms with Gasteiger partial charge in [-0.3, -0.25) is 14.9 Å². The Bertz CT molecular complexity index is 546. The van der Waals surface area contributed by atoms with Crippen LogP contribution in [0.1, 0.15) is 41.6 Å². The fraction of sp³-hybridized carbons (Fsp3) is 0.533. The molecule has 1 heterocycles. The third-order valence-electron chi connectivity index (χ3n) is 3.85. The summed E-state index contributed by atoms with van der Waals surface area (Å²) in [6, 6.07) is 4.83. The largest absolute Gasteiger partial charge is 0.336 e. The van der Waals surface area contributed by atoms with Gasteiger partial charge in [0.05, 0.1) is 4.92 Å². The molecule has 1 saturated heterocycles. The number of piperidine rings is 1. The van der Waals surface area contributed by atoms with E-state index in [0.717, 1.165) is 43.1 Å². The summed E-state index contributed by atoms with van der Waals surface area (Å²) in [7, 11) is 0. The van der Waals surface area contributed by atoms with E-state index in [1.54, 1.807) is 13.0 Å². The Morgan fingerprint density at radius 1 is 1.43 bits per heavy atom. The standard InChI is InChI=1S/C15H19BrN2O3/c1-11-8-12(10-14(9-11)18(20)21)15(19)17-7-3-2-4-13(17)5-6-16/h8-10,13H,2-7H2,1H3. The zero-order valence-corrected chi connectivity index (χ0v) is 13.6. The number of benzene rings is 1. The van der Waals surface area contributed by atoms with Gasteiger partial charge in [-0.2, -0.15) is 0 Å². The maximum atomic E-state index is 12.7. The van der Waals surface area contributed by atoms with Gasteiger partial charge in [-0.15, -0.1) is 0 Å². The van der Waals surface area contributed by atoms with Crippen LogP contribution in [0, 0.1) is 17.0 Å². The van der Waals surface area contributed by atoms with Crippen molar-refractivity contribution in [2.24, 2.45) is 0 Å². The first-order chi connectivity index (χ1) is 10.0. The molecule has 0 N–H and O–H groups in total. The van der Waals surface area contributed by atoms with E-state index in [1.807, 2.05) is 4.90 Å². The Kier molecular flexibility index (Phi) is 5.33. The minimum Gasteiger partial charge on any atom is -0.336 e. The van der Waals surface area contributed by atoms with Crippen LogP contribution < -0.4 is 0 Å². The van der Waals surface area contributed by atoms with Gasteiger partial charge in [0.15, 0.2) is 0 Å². The van der Waals surface area contributed by atoms with Gasteiger partial charge in [0, 0.05) is 35.6 Å². The molecule has 0 radical (unpaired) electrons. The summed E-state index contributed by atoms with van der Waals surface area (Å²) in [5, 5.41) is 11.8. The summed E-state index contributed by atoms with van der Waals surface area (Å²) >= 11 is 3.43. The number of amides is 1. The Hall–Kier alpha value is -1.43. The average Bonchev–Trinajstić information content (AvgIpc) is 2.47. The second-order valence-corrected chi connectivity index (χ2v) is 6.23. The summed E-state index contributed by atoms with van der Waals surface area (Å²) in [5.74, 6) is -0.0903. The predicted molar refractivity (Wildman–Crippen MR) is 84.9 cm³/mol. The number of carbonyl (C=O) groups is 1. The van der Waals surface area contributed by atoms with Crippen molar-refractivity contribution in [3.63, 3.8) is 0 Å². The van der Waals surface area contributed by atoms with E-state index in [1.165, 1.54) is 12.1 Å². The molecule has 2 rings (SSSR count). The van der Waals surface area contributed by atoms with Crippen molar-refractivity contribution < 1.29 is 9.72 Å². The van der Waals surface area contributed by atoms with E-state index in [4.69, 9.17) is 0 Å². The van der Waals surface area contributed by atoms with Crippen LogP contribution in [-0.2, 0) is 0 Å². The predicted octanol–water partition coefficient (Wildman–Crippen LogP) is 3.68. The van der Waals surface area contributed by atoms with E-state index >= 15 is 0 Å². The molecule has 0 aliphatic carbocycles. The lowest BCUT2D eigenvalue weighted by molar-refractivity contribution is -0.384. The lowest BCUT2D eigenvalue weighted by Crippen LogP contribution is -2.44. The maximum Gasteiger partial charge on any atom is 0.270 e. The molecular formula is C15H19BrN2O3. The highest BCUT2D eigenvalue weighted by Gasteiger charge is 2.27. The monoisotopic (exact) mass is 354 g/mol. The van der Waals surface area contributed by atoms with Crippen molar-refractivity contribution in [3.8, 4) is 0 Å². The number of rotatable bonds is 4. The minimum atomic E-state index is -0.448. The lowest BCUT2D eigenvalue weighted by atomic mass is 9.98. The van der Waals surface area contributed by atoms with Crippen LogP contribution in [-0.4, -0.2) is 33.6 Å². The molecular weight excluding hydrogens is 336 g/mol. The number of halogens is 1. The zero-order valence-electron chi connectivity index (χ0n) is 12.0. The summed E-state index contributed by atoms with van der Waals surface area (Å²) in [4.78, 5) is 25.1. The number of non-ortho nitro benzene ring substituents is 1. The second kappa shape index (κ2) is 7.02. The molecule has 1 amide bonds. The highest BCUT2D eigenvalue weighted by Crippen LogP contribution is 2.24. The van der Waals surface area contributed by atoms with Gasteiger partial charge in [-0.05, 0) is 44.2 Å². The number of aryl methyl sites for hydroxylation is 1. The molecule has 1 unspecified atom stereocenters. The van der Waals surface area contributed by atoms with Crippen LogP contribution >= 0.6 is 15.9 Å². The summed E-state index contributed by atoms with van der Waals surface area (Å²) < 4.78 is 0. The first kappa shape index (κ1) is 15.9. The molecule has 0 aromatic heterocycles. The van der Waals surface area contributed by atoms with Crippen LogP contribution in [0.15, 0.2) is 18.2 Å². The smallest absolute Gasteiger partial charge is 0.270 e. The van der Waals surface area contributed by atoms with Crippen LogP contribution in [0.5, 0.6) is 0 Å². The van der Waals surface area contributed by atoms with Crippen LogP contribution in [0.25, 0.3) is 0 Å². The maximum absolute atomic E-state index is 12.7. The molecule has 0 saturated carbocycles. The number of hydrogen-bond acceptors (Lipinski definition) is 3. The molecule has 0 bridgehead atoms. The quantitative estimate of drug-likeness (QED) is 0.470. The fourth-order valence-electron chi connectivity index (χ4n) is 2.85. The molecule has 1 aliphatic rings. The van der Waals surface area contributed by atoms with Crippen molar-refractivity contribution in [3.05, 3.63) is 39.4 Å².